The van der Waals surface area contributed by atoms with Gasteiger partial charge in [-0.2, -0.15) is 0 Å². The second-order valence-corrected chi connectivity index (χ2v) is 9.20. The van der Waals surface area contributed by atoms with Crippen LogP contribution in [0.1, 0.15) is 46.6 Å². The van der Waals surface area contributed by atoms with Crippen molar-refractivity contribution in [2.75, 3.05) is 24.5 Å². The third-order valence-corrected chi connectivity index (χ3v) is 7.60. The number of aryl methyl sites for hydroxylation is 1. The molecule has 0 bridgehead atoms. The van der Waals surface area contributed by atoms with E-state index < -0.39 is 5.97 Å². The maximum Gasteiger partial charge on any atom is 0.356 e. The van der Waals surface area contributed by atoms with Gasteiger partial charge < -0.3 is 19.9 Å². The van der Waals surface area contributed by atoms with Crippen LogP contribution in [0.15, 0.2) is 12.3 Å². The van der Waals surface area contributed by atoms with Gasteiger partial charge >= 0.3 is 5.97 Å². The Morgan fingerprint density at radius 3 is 2.90 bits per heavy atom. The van der Waals surface area contributed by atoms with E-state index in [1.807, 2.05) is 11.8 Å². The van der Waals surface area contributed by atoms with E-state index in [4.69, 9.17) is 11.6 Å². The van der Waals surface area contributed by atoms with Crippen molar-refractivity contribution in [2.24, 2.45) is 5.92 Å². The van der Waals surface area contributed by atoms with Gasteiger partial charge in [0.15, 0.2) is 21.8 Å². The highest BCUT2D eigenvalue weighted by molar-refractivity contribution is 7.22. The molecule has 1 amide bonds. The quantitative estimate of drug-likeness (QED) is 0.614. The number of piperidine rings is 1. The van der Waals surface area contributed by atoms with Crippen molar-refractivity contribution in [3.8, 4) is 0 Å². The smallest absolute Gasteiger partial charge is 0.356 e. The first-order valence-electron chi connectivity index (χ1n) is 10.3. The molecule has 11 heteroatoms. The van der Waals surface area contributed by atoms with Crippen LogP contribution in [-0.4, -0.2) is 67.5 Å². The summed E-state index contributed by atoms with van der Waals surface area (Å²) in [5.41, 5.74) is 1.47. The predicted molar refractivity (Wildman–Crippen MR) is 117 cm³/mol. The number of imidazole rings is 1. The highest BCUT2D eigenvalue weighted by atomic mass is 35.5. The van der Waals surface area contributed by atoms with Crippen molar-refractivity contribution in [3.05, 3.63) is 34.6 Å². The summed E-state index contributed by atoms with van der Waals surface area (Å²) in [6.45, 7) is 4.18. The van der Waals surface area contributed by atoms with E-state index >= 15 is 0 Å². The van der Waals surface area contributed by atoms with Gasteiger partial charge in [-0.25, -0.2) is 19.7 Å². The van der Waals surface area contributed by atoms with Crippen LogP contribution in [0.4, 0.5) is 5.13 Å². The zero-order valence-corrected chi connectivity index (χ0v) is 18.4. The van der Waals surface area contributed by atoms with Gasteiger partial charge in [-0.3, -0.25) is 4.79 Å². The number of amides is 1. The van der Waals surface area contributed by atoms with Crippen LogP contribution in [0.25, 0.3) is 10.2 Å². The SMILES string of the molecule is CCc1[nH]c(C(=O)N2CCC3CN(c4nc5ccnc(C(=O)O)c5s4)CC[C@H]32)nc1Cl. The van der Waals surface area contributed by atoms with E-state index in [2.05, 4.69) is 24.8 Å². The number of carboxylic acid groups (broad SMARTS) is 1. The van der Waals surface area contributed by atoms with Crippen molar-refractivity contribution in [1.29, 1.82) is 0 Å². The van der Waals surface area contributed by atoms with Crippen molar-refractivity contribution in [1.82, 2.24) is 24.8 Å². The molecule has 5 rings (SSSR count). The molecule has 2 aliphatic rings. The summed E-state index contributed by atoms with van der Waals surface area (Å²) in [5.74, 6) is -0.504. The zero-order valence-electron chi connectivity index (χ0n) is 16.8. The van der Waals surface area contributed by atoms with Gasteiger partial charge in [-0.1, -0.05) is 29.9 Å². The fourth-order valence-electron chi connectivity index (χ4n) is 4.60. The number of H-pyrrole nitrogens is 1. The fraction of sp³-hybridized carbons (Fsp3) is 0.450. The summed E-state index contributed by atoms with van der Waals surface area (Å²) in [6.07, 6.45) is 3.91. The number of nitrogens with one attached hydrogen (secondary N) is 1. The molecule has 0 aromatic carbocycles. The van der Waals surface area contributed by atoms with Crippen molar-refractivity contribution >= 4 is 50.2 Å². The average molecular weight is 461 g/mol. The van der Waals surface area contributed by atoms with Crippen LogP contribution in [0, 0.1) is 5.92 Å². The second-order valence-electron chi connectivity index (χ2n) is 7.87. The number of rotatable bonds is 4. The maximum atomic E-state index is 13.0. The van der Waals surface area contributed by atoms with Gasteiger partial charge in [0.2, 0.25) is 0 Å². The molecule has 2 atom stereocenters. The Bertz CT molecular complexity index is 1180. The third-order valence-electron chi connectivity index (χ3n) is 6.15. The maximum absolute atomic E-state index is 13.0. The number of hydrogen-bond donors (Lipinski definition) is 2. The molecule has 1 unspecified atom stereocenters. The normalized spacial score (nSPS) is 21.0. The first kappa shape index (κ1) is 20.2. The molecule has 31 heavy (non-hydrogen) atoms. The van der Waals surface area contributed by atoms with Crippen LogP contribution in [-0.2, 0) is 6.42 Å². The number of nitrogens with zero attached hydrogens (tertiary/aromatic N) is 5. The molecule has 2 saturated heterocycles. The van der Waals surface area contributed by atoms with Gasteiger partial charge in [0.05, 0.1) is 15.9 Å². The zero-order chi connectivity index (χ0) is 21.7. The molecule has 3 aromatic rings. The number of hydrogen-bond acceptors (Lipinski definition) is 7. The molecule has 9 nitrogen and oxygen atoms in total. The van der Waals surface area contributed by atoms with Gasteiger partial charge in [0.1, 0.15) is 0 Å². The number of carbonyl (C=O) groups is 2. The number of aromatic carboxylic acids is 1. The standard InChI is InChI=1S/C20H21ClN6O3S/c1-2-11-16(21)25-17(23-11)18(28)27-8-4-10-9-26(7-5-13(10)27)20-24-12-3-6-22-14(19(29)30)15(12)31-20/h3,6,10,13H,2,4-5,7-9H2,1H3,(H,23,25)(H,29,30)/t10?,13-/m1/s1. The average Bonchev–Trinajstić information content (AvgIpc) is 3.48. The molecule has 3 aromatic heterocycles. The molecule has 0 saturated carbocycles. The molecule has 5 heterocycles. The van der Waals surface area contributed by atoms with E-state index in [-0.39, 0.29) is 17.6 Å². The second kappa shape index (κ2) is 7.76. The van der Waals surface area contributed by atoms with Gasteiger partial charge in [0.25, 0.3) is 5.91 Å². The highest BCUT2D eigenvalue weighted by Crippen LogP contribution is 2.37. The highest BCUT2D eigenvalue weighted by Gasteiger charge is 2.42. The Hall–Kier alpha value is -2.72. The molecule has 0 radical (unpaired) electrons. The van der Waals surface area contributed by atoms with Crippen molar-refractivity contribution < 1.29 is 14.7 Å². The van der Waals surface area contributed by atoms with Gasteiger partial charge in [0, 0.05) is 31.9 Å². The van der Waals surface area contributed by atoms with Crippen LogP contribution in [0.5, 0.6) is 0 Å². The lowest BCUT2D eigenvalue weighted by Crippen LogP contribution is -2.47. The number of fused-ring (bicyclic) bond motifs is 2. The summed E-state index contributed by atoms with van der Waals surface area (Å²) in [5, 5.41) is 10.6. The molecule has 2 N–H and O–H groups in total. The minimum atomic E-state index is -1.05. The molecular weight excluding hydrogens is 440 g/mol. The van der Waals surface area contributed by atoms with E-state index in [1.165, 1.54) is 17.5 Å². The summed E-state index contributed by atoms with van der Waals surface area (Å²) < 4.78 is 0.594. The van der Waals surface area contributed by atoms with E-state index in [0.717, 1.165) is 36.8 Å². The van der Waals surface area contributed by atoms with Crippen LogP contribution in [0.2, 0.25) is 5.15 Å². The lowest BCUT2D eigenvalue weighted by atomic mass is 9.93. The molecule has 162 valence electrons. The van der Waals surface area contributed by atoms with Crippen LogP contribution in [0.3, 0.4) is 0 Å². The lowest BCUT2D eigenvalue weighted by Gasteiger charge is -2.37. The predicted octanol–water partition coefficient (Wildman–Crippen LogP) is 3.07. The van der Waals surface area contributed by atoms with Crippen molar-refractivity contribution in [2.45, 2.75) is 32.2 Å². The van der Waals surface area contributed by atoms with Crippen molar-refractivity contribution in [3.63, 3.8) is 0 Å². The summed E-state index contributed by atoms with van der Waals surface area (Å²) in [7, 11) is 0. The molecule has 2 aliphatic heterocycles. The van der Waals surface area contributed by atoms with E-state index in [9.17, 15) is 14.7 Å². The summed E-state index contributed by atoms with van der Waals surface area (Å²) >= 11 is 7.48. The minimum absolute atomic E-state index is 0.0392. The number of likely N-dealkylation sites (tertiary alicyclic amines) is 1. The largest absolute Gasteiger partial charge is 0.476 e. The molecule has 2 fully saturated rings. The van der Waals surface area contributed by atoms with Crippen LogP contribution < -0.4 is 4.90 Å². The Labute approximate surface area is 187 Å². The molecule has 0 aliphatic carbocycles. The lowest BCUT2D eigenvalue weighted by molar-refractivity contribution is 0.0684. The number of halogens is 1. The number of aromatic amines is 1. The molecule has 0 spiro atoms. The number of carboxylic acids is 1. The summed E-state index contributed by atoms with van der Waals surface area (Å²) in [4.78, 5) is 44.5. The topological polar surface area (TPSA) is 115 Å². The number of anilines is 1. The Kier molecular flexibility index (Phi) is 5.05. The summed E-state index contributed by atoms with van der Waals surface area (Å²) in [6, 6.07) is 1.90. The number of thiazole rings is 1. The number of carbonyl (C=O) groups excluding carboxylic acids is 1. The monoisotopic (exact) mass is 460 g/mol. The van der Waals surface area contributed by atoms with E-state index in [1.54, 1.807) is 6.07 Å². The van der Waals surface area contributed by atoms with E-state index in [0.29, 0.717) is 40.1 Å². The van der Waals surface area contributed by atoms with Crippen LogP contribution >= 0.6 is 22.9 Å². The number of aromatic nitrogens is 4. The first-order valence-corrected chi connectivity index (χ1v) is 11.4. The van der Waals surface area contributed by atoms with Gasteiger partial charge in [-0.05, 0) is 31.2 Å². The first-order chi connectivity index (χ1) is 15.0. The van der Waals surface area contributed by atoms with Gasteiger partial charge in [-0.15, -0.1) is 0 Å². The Balaban J connectivity index is 1.33. The fourth-order valence-corrected chi connectivity index (χ4v) is 5.94. The Morgan fingerprint density at radius 1 is 1.32 bits per heavy atom. The Morgan fingerprint density at radius 2 is 2.16 bits per heavy atom. The number of pyridine rings is 1. The minimum Gasteiger partial charge on any atom is -0.476 e. The molecular formula is C20H21ClN6O3S. The third kappa shape index (κ3) is 3.43.